The number of amidine groups is 1. The normalized spacial score (nSPS) is 14.8. The van der Waals surface area contributed by atoms with Gasteiger partial charge in [-0.3, -0.25) is 14.5 Å². The van der Waals surface area contributed by atoms with E-state index in [-0.39, 0.29) is 29.4 Å². The number of anilines is 1. The van der Waals surface area contributed by atoms with Crippen molar-refractivity contribution in [2.45, 2.75) is 59.4 Å². The van der Waals surface area contributed by atoms with Gasteiger partial charge in [-0.05, 0) is 74.6 Å². The first kappa shape index (κ1) is 34.8. The van der Waals surface area contributed by atoms with Gasteiger partial charge in [0.05, 0.1) is 17.1 Å². The molecule has 1 fully saturated rings. The second-order valence-corrected chi connectivity index (χ2v) is 12.9. The average Bonchev–Trinajstić information content (AvgIpc) is 3.63. The van der Waals surface area contributed by atoms with Crippen LogP contribution in [0.15, 0.2) is 72.0 Å². The Morgan fingerprint density at radius 2 is 1.75 bits per heavy atom. The Morgan fingerprint density at radius 3 is 2.38 bits per heavy atom. The zero-order valence-electron chi connectivity index (χ0n) is 26.7. The highest BCUT2D eigenvalue weighted by atomic mass is 32.2. The number of thiocarbonyl (C=S) groups is 1. The number of carbonyl (C=O) groups excluding carboxylic acids is 2. The zero-order valence-corrected chi connectivity index (χ0v) is 28.3. The molecule has 9 nitrogen and oxygen atoms in total. The van der Waals surface area contributed by atoms with Crippen molar-refractivity contribution in [1.29, 1.82) is 0 Å². The summed E-state index contributed by atoms with van der Waals surface area (Å²) in [6.07, 6.45) is -1.68. The Hall–Kier alpha value is -4.56. The number of amides is 2. The van der Waals surface area contributed by atoms with Gasteiger partial charge in [0, 0.05) is 24.9 Å². The molecule has 1 aliphatic heterocycles. The number of rotatable bonds is 10. The summed E-state index contributed by atoms with van der Waals surface area (Å²) in [7, 11) is 0. The number of hydrogen-bond donors (Lipinski definition) is 1. The van der Waals surface area contributed by atoms with Gasteiger partial charge in [0.1, 0.15) is 17.1 Å². The van der Waals surface area contributed by atoms with Crippen LogP contribution >= 0.6 is 24.0 Å². The van der Waals surface area contributed by atoms with Crippen LogP contribution in [0.1, 0.15) is 42.0 Å². The number of nitrogens with one attached hydrogen (secondary N) is 1. The van der Waals surface area contributed by atoms with Gasteiger partial charge in [0.15, 0.2) is 11.0 Å². The molecular weight excluding hydrogens is 662 g/mol. The third kappa shape index (κ3) is 8.86. The highest BCUT2D eigenvalue weighted by molar-refractivity contribution is 8.15. The van der Waals surface area contributed by atoms with Crippen LogP contribution in [0.4, 0.5) is 18.9 Å². The lowest BCUT2D eigenvalue weighted by molar-refractivity contribution is -0.274. The summed E-state index contributed by atoms with van der Waals surface area (Å²) in [5.41, 5.74) is 6.24. The minimum absolute atomic E-state index is 0.0472. The van der Waals surface area contributed by atoms with Crippen molar-refractivity contribution in [1.82, 2.24) is 20.1 Å². The van der Waals surface area contributed by atoms with Crippen LogP contribution in [0.2, 0.25) is 0 Å². The highest BCUT2D eigenvalue weighted by Crippen LogP contribution is 2.33. The first-order valence-corrected chi connectivity index (χ1v) is 16.4. The van der Waals surface area contributed by atoms with Crippen LogP contribution in [0.25, 0.3) is 17.1 Å². The Labute approximate surface area is 285 Å². The van der Waals surface area contributed by atoms with Gasteiger partial charge in [-0.25, -0.2) is 14.7 Å². The number of halogens is 3. The van der Waals surface area contributed by atoms with Gasteiger partial charge >= 0.3 is 6.36 Å². The molecule has 250 valence electrons. The lowest BCUT2D eigenvalue weighted by Gasteiger charge is -2.22. The fourth-order valence-corrected chi connectivity index (χ4v) is 6.77. The van der Waals surface area contributed by atoms with E-state index in [0.29, 0.717) is 40.9 Å². The van der Waals surface area contributed by atoms with E-state index in [9.17, 15) is 22.8 Å². The summed E-state index contributed by atoms with van der Waals surface area (Å²) >= 11 is 7.01. The van der Waals surface area contributed by atoms with Crippen molar-refractivity contribution in [3.05, 3.63) is 89.2 Å². The summed E-state index contributed by atoms with van der Waals surface area (Å²) in [6.45, 7) is 7.44. The second kappa shape index (κ2) is 14.7. The van der Waals surface area contributed by atoms with E-state index in [0.717, 1.165) is 33.5 Å². The number of aliphatic imine (C=N–C) groups is 1. The molecule has 0 bridgehead atoms. The molecule has 1 unspecified atom stereocenters. The van der Waals surface area contributed by atoms with E-state index in [4.69, 9.17) is 12.2 Å². The fraction of sp³-hybridized carbons (Fsp3) is 0.294. The maximum absolute atomic E-state index is 12.9. The molecule has 0 aliphatic carbocycles. The van der Waals surface area contributed by atoms with Crippen molar-refractivity contribution in [2.24, 2.45) is 4.99 Å². The largest absolute Gasteiger partial charge is 0.573 e. The predicted octanol–water partition coefficient (Wildman–Crippen LogP) is 7.05. The van der Waals surface area contributed by atoms with Gasteiger partial charge in [0.25, 0.3) is 0 Å². The zero-order chi connectivity index (χ0) is 34.6. The summed E-state index contributed by atoms with van der Waals surface area (Å²) in [5.74, 6) is 0.188. The minimum Gasteiger partial charge on any atom is -0.406 e. The molecule has 0 saturated carbocycles. The fourth-order valence-electron chi connectivity index (χ4n) is 5.55. The molecule has 0 spiro atoms. The van der Waals surface area contributed by atoms with Gasteiger partial charge in [0.2, 0.25) is 11.8 Å². The molecule has 14 heteroatoms. The number of thioether (sulfide) groups is 1. The Morgan fingerprint density at radius 1 is 1.08 bits per heavy atom. The number of benzene rings is 3. The number of alkyl halides is 3. The van der Waals surface area contributed by atoms with Crippen LogP contribution < -0.4 is 15.0 Å². The van der Waals surface area contributed by atoms with E-state index in [1.54, 1.807) is 4.90 Å². The predicted molar refractivity (Wildman–Crippen MR) is 185 cm³/mol. The van der Waals surface area contributed by atoms with Crippen LogP contribution in [0.5, 0.6) is 5.75 Å². The van der Waals surface area contributed by atoms with E-state index in [2.05, 4.69) is 25.1 Å². The molecule has 1 saturated heterocycles. The molecule has 0 radical (unpaired) electrons. The third-order valence-electron chi connectivity index (χ3n) is 7.49. The average molecular weight is 695 g/mol. The van der Waals surface area contributed by atoms with Crippen molar-refractivity contribution in [3.8, 4) is 22.8 Å². The number of carbonyl (C=O) groups is 2. The van der Waals surface area contributed by atoms with Crippen LogP contribution in [0.3, 0.4) is 0 Å². The van der Waals surface area contributed by atoms with Crippen molar-refractivity contribution < 1.29 is 27.5 Å². The van der Waals surface area contributed by atoms with E-state index in [1.807, 2.05) is 57.2 Å². The van der Waals surface area contributed by atoms with Crippen LogP contribution in [-0.4, -0.2) is 54.9 Å². The summed E-state index contributed by atoms with van der Waals surface area (Å²) in [4.78, 5) is 36.0. The minimum atomic E-state index is -4.76. The second-order valence-electron chi connectivity index (χ2n) is 11.4. The monoisotopic (exact) mass is 694 g/mol. The highest BCUT2D eigenvalue weighted by Gasteiger charge is 2.33. The quantitative estimate of drug-likeness (QED) is 0.178. The van der Waals surface area contributed by atoms with Gasteiger partial charge in [-0.1, -0.05) is 65.9 Å². The third-order valence-corrected chi connectivity index (χ3v) is 8.67. The first-order chi connectivity index (χ1) is 22.8. The van der Waals surface area contributed by atoms with Crippen LogP contribution in [-0.2, 0) is 16.0 Å². The Balaban J connectivity index is 1.22. The molecule has 3 aromatic carbocycles. The van der Waals surface area contributed by atoms with E-state index < -0.39 is 6.36 Å². The van der Waals surface area contributed by atoms with Crippen molar-refractivity contribution >= 4 is 51.6 Å². The Kier molecular flexibility index (Phi) is 10.6. The first-order valence-electron chi connectivity index (χ1n) is 15.0. The van der Waals surface area contributed by atoms with Gasteiger partial charge in [-0.2, -0.15) is 0 Å². The standard InChI is InChI=1S/C34H33F3N6O3S2/c1-20-15-21(2)31(22(3)16-20)43-30(45)18-48-33(43)40-29(47)17-26(39-23(4)44)10-7-24-5-8-25(9-6-24)32-38-19-42(41-32)27-11-13-28(14-12-27)46-34(35,36)37/h5-6,8-9,11-16,19,26H,7,10,17-18H2,1-4H3,(H,39,44). The summed E-state index contributed by atoms with van der Waals surface area (Å²) in [5, 5.41) is 7.98. The molecule has 1 N–H and O–H groups in total. The lowest BCUT2D eigenvalue weighted by Crippen LogP contribution is -2.35. The maximum atomic E-state index is 12.9. The maximum Gasteiger partial charge on any atom is 0.573 e. The molecule has 1 atom stereocenters. The SMILES string of the molecule is CC(=O)NC(CCc1ccc(-c2ncn(-c3ccc(OC(F)(F)F)cc3)n2)cc1)CC(=S)N=C1SCC(=O)N1c1c(C)cc(C)cc1C. The molecule has 2 heterocycles. The summed E-state index contributed by atoms with van der Waals surface area (Å²) in [6, 6.07) is 16.8. The Bertz CT molecular complexity index is 1830. The van der Waals surface area contributed by atoms with Gasteiger partial charge < -0.3 is 10.1 Å². The number of ether oxygens (including phenoxy) is 1. The topological polar surface area (TPSA) is 102 Å². The number of nitrogens with zero attached hydrogens (tertiary/aromatic N) is 5. The van der Waals surface area contributed by atoms with E-state index >= 15 is 0 Å². The molecule has 4 aromatic rings. The summed E-state index contributed by atoms with van der Waals surface area (Å²) < 4.78 is 42.7. The van der Waals surface area contributed by atoms with Crippen molar-refractivity contribution in [2.75, 3.05) is 10.7 Å². The number of aromatic nitrogens is 3. The number of aryl methyl sites for hydroxylation is 4. The molecule has 2 amide bonds. The number of hydrogen-bond acceptors (Lipinski definition) is 7. The van der Waals surface area contributed by atoms with Gasteiger partial charge in [-0.15, -0.1) is 18.3 Å². The molecule has 1 aliphatic rings. The molecular formula is C34H33F3N6O3S2. The molecule has 5 rings (SSSR count). The van der Waals surface area contributed by atoms with E-state index in [1.165, 1.54) is 54.0 Å². The van der Waals surface area contributed by atoms with Crippen molar-refractivity contribution in [3.63, 3.8) is 0 Å². The molecule has 1 aromatic heterocycles. The lowest BCUT2D eigenvalue weighted by atomic mass is 10.0. The smallest absolute Gasteiger partial charge is 0.406 e. The van der Waals surface area contributed by atoms with Crippen LogP contribution in [0, 0.1) is 20.8 Å². The molecule has 48 heavy (non-hydrogen) atoms.